The molecule has 1 heterocycles. The Morgan fingerprint density at radius 1 is 1.43 bits per heavy atom. The van der Waals surface area contributed by atoms with Gasteiger partial charge in [0.05, 0.1) is 12.1 Å². The number of alkyl halides is 2. The number of hydrogen-bond donors (Lipinski definition) is 2. The zero-order valence-electron chi connectivity index (χ0n) is 15.5. The Hall–Kier alpha value is -1.00. The van der Waals surface area contributed by atoms with E-state index in [4.69, 9.17) is 37.9 Å². The van der Waals surface area contributed by atoms with Crippen LogP contribution in [0, 0.1) is 10.1 Å². The van der Waals surface area contributed by atoms with Gasteiger partial charge in [-0.05, 0) is 12.5 Å². The molecule has 0 spiro atoms. The highest BCUT2D eigenvalue weighted by atomic mass is 35.5. The molecule has 0 aromatic carbocycles. The average molecular weight is 459 g/mol. The molecule has 0 aliphatic heterocycles. The number of nitrogens with zero attached hydrogens (tertiary/aromatic N) is 2. The van der Waals surface area contributed by atoms with E-state index < -0.39 is 30.6 Å². The molecule has 10 nitrogen and oxygen atoms in total. The third kappa shape index (κ3) is 7.44. The molecule has 0 aliphatic rings. The predicted octanol–water partition coefficient (Wildman–Crippen LogP) is 2.88. The number of nitrogens with two attached hydrogens (primary N) is 1. The zero-order valence-corrected chi connectivity index (χ0v) is 17.9. The summed E-state index contributed by atoms with van der Waals surface area (Å²) < 4.78 is 25.7. The van der Waals surface area contributed by atoms with Crippen molar-refractivity contribution in [3.8, 4) is 0 Å². The van der Waals surface area contributed by atoms with E-state index in [1.807, 2.05) is 6.92 Å². The highest BCUT2D eigenvalue weighted by Crippen LogP contribution is 2.48. The molecular formula is C15H25Cl2N4O6P. The molecule has 0 amide bonds. The van der Waals surface area contributed by atoms with Gasteiger partial charge in [-0.25, -0.2) is 9.76 Å². The van der Waals surface area contributed by atoms with Gasteiger partial charge < -0.3 is 14.9 Å². The van der Waals surface area contributed by atoms with Gasteiger partial charge in [-0.2, -0.15) is 0 Å². The fourth-order valence-corrected chi connectivity index (χ4v) is 5.22. The molecule has 3 N–H and O–H groups in total. The van der Waals surface area contributed by atoms with Crippen molar-refractivity contribution < 1.29 is 23.2 Å². The van der Waals surface area contributed by atoms with Gasteiger partial charge in [0.25, 0.3) is 0 Å². The molecule has 0 saturated carbocycles. The topological polar surface area (TPSA) is 141 Å². The lowest BCUT2D eigenvalue weighted by Crippen LogP contribution is -2.47. The highest BCUT2D eigenvalue weighted by molar-refractivity contribution is 7.54. The maximum Gasteiger partial charge on any atom is 0.433 e. The molecule has 0 radical (unpaired) electrons. The van der Waals surface area contributed by atoms with Crippen molar-refractivity contribution in [3.63, 3.8) is 0 Å². The van der Waals surface area contributed by atoms with E-state index in [-0.39, 0.29) is 37.2 Å². The summed E-state index contributed by atoms with van der Waals surface area (Å²) >= 11 is 11.6. The summed E-state index contributed by atoms with van der Waals surface area (Å²) in [4.78, 5) is 21.2. The molecule has 0 saturated heterocycles. The fourth-order valence-electron chi connectivity index (χ4n) is 2.42. The van der Waals surface area contributed by atoms with Crippen LogP contribution in [-0.2, 0) is 20.5 Å². The summed E-state index contributed by atoms with van der Waals surface area (Å²) in [5.41, 5.74) is 5.83. The second-order valence-electron chi connectivity index (χ2n) is 5.86. The number of carbonyl (C=O) groups excluding carboxylic acids is 1. The minimum absolute atomic E-state index is 0.122. The number of carbonyl (C=O) groups is 1. The van der Waals surface area contributed by atoms with Crippen LogP contribution in [0.1, 0.15) is 25.5 Å². The number of rotatable bonds is 15. The van der Waals surface area contributed by atoms with Crippen LogP contribution < -0.4 is 10.8 Å². The van der Waals surface area contributed by atoms with Gasteiger partial charge in [0.15, 0.2) is 0 Å². The summed E-state index contributed by atoms with van der Waals surface area (Å²) in [6, 6.07) is 1.04. The summed E-state index contributed by atoms with van der Waals surface area (Å²) in [5, 5.41) is 13.6. The molecule has 0 aliphatic carbocycles. The van der Waals surface area contributed by atoms with Gasteiger partial charge in [0.1, 0.15) is 23.6 Å². The van der Waals surface area contributed by atoms with Gasteiger partial charge in [-0.1, -0.05) is 13.3 Å². The lowest BCUT2D eigenvalue weighted by molar-refractivity contribution is -0.402. The number of aldehydes is 1. The summed E-state index contributed by atoms with van der Waals surface area (Å²) in [6.07, 6.45) is 1.74. The molecule has 3 unspecified atom stereocenters. The maximum absolute atomic E-state index is 13.6. The van der Waals surface area contributed by atoms with Gasteiger partial charge in [-0.15, -0.1) is 23.2 Å². The third-order valence-corrected chi connectivity index (χ3v) is 6.44. The van der Waals surface area contributed by atoms with Crippen molar-refractivity contribution in [1.82, 2.24) is 9.76 Å². The molecule has 1 rings (SSSR count). The molecule has 0 bridgehead atoms. The molecule has 13 heteroatoms. The van der Waals surface area contributed by atoms with E-state index in [9.17, 15) is 19.5 Å². The van der Waals surface area contributed by atoms with Gasteiger partial charge in [0.2, 0.25) is 0 Å². The number of halogens is 2. The molecule has 3 atom stereocenters. The monoisotopic (exact) mass is 458 g/mol. The maximum atomic E-state index is 13.6. The van der Waals surface area contributed by atoms with Crippen LogP contribution in [-0.4, -0.2) is 52.8 Å². The minimum Gasteiger partial charge on any atom is -0.403 e. The van der Waals surface area contributed by atoms with Crippen molar-refractivity contribution in [2.45, 2.75) is 38.5 Å². The van der Waals surface area contributed by atoms with E-state index in [1.54, 1.807) is 0 Å². The van der Waals surface area contributed by atoms with E-state index in [0.29, 0.717) is 19.1 Å². The molecule has 1 aromatic rings. The minimum atomic E-state index is -3.75. The fraction of sp³-hybridized carbons (Fsp3) is 0.667. The van der Waals surface area contributed by atoms with Gasteiger partial charge in [-0.3, -0.25) is 19.2 Å². The third-order valence-electron chi connectivity index (χ3n) is 3.82. The highest BCUT2D eigenvalue weighted by Gasteiger charge is 2.36. The SMILES string of the molecule is CCCC(NP(=O)(OCc1ccc([N+](=O)[O-])o1)N(CCCl)CCCl)C(N)C=O. The first-order valence-corrected chi connectivity index (χ1v) is 11.3. The Morgan fingerprint density at radius 2 is 2.07 bits per heavy atom. The number of hydrogen-bond acceptors (Lipinski definition) is 7. The van der Waals surface area contributed by atoms with Crippen LogP contribution in [0.15, 0.2) is 16.5 Å². The first-order valence-electron chi connectivity index (χ1n) is 8.65. The van der Waals surface area contributed by atoms with Crippen molar-refractivity contribution in [2.75, 3.05) is 24.8 Å². The number of furan rings is 1. The quantitative estimate of drug-likeness (QED) is 0.133. The number of nitro groups is 1. The molecule has 1 aromatic heterocycles. The van der Waals surface area contributed by atoms with Crippen LogP contribution in [0.25, 0.3) is 0 Å². The standard InChI is InChI=1S/C15H25Cl2N4O6P/c1-2-3-14(13(18)10-22)19-28(25,20(8-6-16)9-7-17)26-11-12-4-5-15(27-12)21(23)24/h4-5,10,13-14H,2-3,6-9,11,18H2,1H3,(H,19,25). The van der Waals surface area contributed by atoms with Crippen LogP contribution in [0.2, 0.25) is 0 Å². The van der Waals surface area contributed by atoms with Gasteiger partial charge in [0, 0.05) is 30.9 Å². The first kappa shape index (κ1) is 25.0. The van der Waals surface area contributed by atoms with Crippen LogP contribution >= 0.6 is 30.9 Å². The smallest absolute Gasteiger partial charge is 0.403 e. The van der Waals surface area contributed by atoms with E-state index in [1.165, 1.54) is 16.8 Å². The van der Waals surface area contributed by atoms with Crippen molar-refractivity contribution in [3.05, 3.63) is 28.0 Å². The van der Waals surface area contributed by atoms with Crippen LogP contribution in [0.3, 0.4) is 0 Å². The molecule has 28 heavy (non-hydrogen) atoms. The van der Waals surface area contributed by atoms with Crippen molar-refractivity contribution in [1.29, 1.82) is 0 Å². The van der Waals surface area contributed by atoms with Gasteiger partial charge >= 0.3 is 13.6 Å². The lowest BCUT2D eigenvalue weighted by Gasteiger charge is -2.34. The Bertz CT molecular complexity index is 671. The van der Waals surface area contributed by atoms with E-state index >= 15 is 0 Å². The Kier molecular flexibility index (Phi) is 11.2. The largest absolute Gasteiger partial charge is 0.433 e. The van der Waals surface area contributed by atoms with Crippen LogP contribution in [0.5, 0.6) is 0 Å². The van der Waals surface area contributed by atoms with Crippen molar-refractivity contribution >= 4 is 43.0 Å². The second-order valence-corrected chi connectivity index (χ2v) is 8.74. The van der Waals surface area contributed by atoms with Crippen molar-refractivity contribution in [2.24, 2.45) is 5.73 Å². The van der Waals surface area contributed by atoms with E-state index in [0.717, 1.165) is 0 Å². The van der Waals surface area contributed by atoms with Crippen LogP contribution in [0.4, 0.5) is 5.88 Å². The lowest BCUT2D eigenvalue weighted by atomic mass is 10.1. The predicted molar refractivity (Wildman–Crippen MR) is 107 cm³/mol. The number of nitrogens with one attached hydrogen (secondary N) is 1. The molecule has 0 fully saturated rings. The Morgan fingerprint density at radius 3 is 2.54 bits per heavy atom. The zero-order chi connectivity index (χ0) is 21.2. The van der Waals surface area contributed by atoms with E-state index in [2.05, 4.69) is 5.09 Å². The normalized spacial score (nSPS) is 15.9. The molecule has 160 valence electrons. The summed E-state index contributed by atoms with van der Waals surface area (Å²) in [5.74, 6) is -0.00383. The first-order chi connectivity index (χ1) is 13.3. The Labute approximate surface area is 173 Å². The average Bonchev–Trinajstić information content (AvgIpc) is 3.15. The molecular weight excluding hydrogens is 434 g/mol. The summed E-state index contributed by atoms with van der Waals surface area (Å²) in [7, 11) is -3.75. The second kappa shape index (κ2) is 12.5. The summed E-state index contributed by atoms with van der Waals surface area (Å²) in [6.45, 7) is 2.00. The Balaban J connectivity index is 3.07.